The predicted molar refractivity (Wildman–Crippen MR) is 91.8 cm³/mol. The van der Waals surface area contributed by atoms with E-state index in [2.05, 4.69) is 19.9 Å². The van der Waals surface area contributed by atoms with Gasteiger partial charge in [-0.15, -0.1) is 0 Å². The van der Waals surface area contributed by atoms with E-state index in [1.54, 1.807) is 18.2 Å². The first-order valence-corrected chi connectivity index (χ1v) is 7.60. The zero-order valence-electron chi connectivity index (χ0n) is 13.5. The topological polar surface area (TPSA) is 143 Å². The number of H-pyrrole nitrogens is 1. The van der Waals surface area contributed by atoms with E-state index in [1.807, 2.05) is 0 Å². The molecule has 0 aliphatic heterocycles. The Kier molecular flexibility index (Phi) is 5.15. The molecule has 0 radical (unpaired) electrons. The number of carboxylic acids is 1. The second-order valence-corrected chi connectivity index (χ2v) is 5.19. The van der Waals surface area contributed by atoms with Crippen LogP contribution in [0.3, 0.4) is 0 Å². The highest BCUT2D eigenvalue weighted by atomic mass is 16.5. The first-order chi connectivity index (χ1) is 12.6. The van der Waals surface area contributed by atoms with Crippen LogP contribution in [0.15, 0.2) is 40.4 Å². The van der Waals surface area contributed by atoms with Gasteiger partial charge in [-0.25, -0.2) is 14.8 Å². The van der Waals surface area contributed by atoms with E-state index in [4.69, 9.17) is 9.84 Å². The molecule has 10 nitrogen and oxygen atoms in total. The molecule has 0 spiro atoms. The lowest BCUT2D eigenvalue weighted by Gasteiger charge is -2.04. The van der Waals surface area contributed by atoms with Gasteiger partial charge in [-0.05, 0) is 6.07 Å². The van der Waals surface area contributed by atoms with Gasteiger partial charge in [-0.3, -0.25) is 14.3 Å². The molecule has 0 saturated heterocycles. The number of aliphatic hydroxyl groups is 1. The summed E-state index contributed by atoms with van der Waals surface area (Å²) in [5.74, 6) is -1.07. The summed E-state index contributed by atoms with van der Waals surface area (Å²) in [6, 6.07) is 6.34. The molecule has 2 aromatic heterocycles. The summed E-state index contributed by atoms with van der Waals surface area (Å²) >= 11 is 0. The fourth-order valence-electron chi connectivity index (χ4n) is 2.26. The molecule has 0 bridgehead atoms. The molecule has 3 rings (SSSR count). The van der Waals surface area contributed by atoms with Gasteiger partial charge in [0.25, 0.3) is 5.56 Å². The number of ether oxygens (including phenoxy) is 1. The number of benzene rings is 1. The fraction of sp³-hybridized carbons (Fsp3) is 0.188. The molecule has 0 aliphatic carbocycles. The summed E-state index contributed by atoms with van der Waals surface area (Å²) in [5.41, 5.74) is 0.382. The van der Waals surface area contributed by atoms with Gasteiger partial charge in [0.05, 0.1) is 25.1 Å². The molecular weight excluding hydrogens is 342 g/mol. The molecule has 0 amide bonds. The normalized spacial score (nSPS) is 11.4. The molecular formula is C16H15N5O5. The number of fused-ring (bicyclic) bond motifs is 1. The Morgan fingerprint density at radius 1 is 1.38 bits per heavy atom. The summed E-state index contributed by atoms with van der Waals surface area (Å²) < 4.78 is 6.71. The van der Waals surface area contributed by atoms with E-state index in [0.717, 1.165) is 0 Å². The van der Waals surface area contributed by atoms with Gasteiger partial charge in [0.2, 0.25) is 5.95 Å². The molecule has 0 atom stereocenters. The number of aliphatic imine (C=N–C) groups is 1. The fourth-order valence-corrected chi connectivity index (χ4v) is 2.26. The highest BCUT2D eigenvalue weighted by Crippen LogP contribution is 2.11. The first kappa shape index (κ1) is 17.5. The van der Waals surface area contributed by atoms with Crippen LogP contribution < -0.4 is 5.56 Å². The molecule has 3 aromatic rings. The van der Waals surface area contributed by atoms with Crippen molar-refractivity contribution in [2.75, 3.05) is 13.2 Å². The van der Waals surface area contributed by atoms with Crippen molar-refractivity contribution >= 4 is 29.3 Å². The molecule has 0 fully saturated rings. The lowest BCUT2D eigenvalue weighted by Crippen LogP contribution is -2.10. The van der Waals surface area contributed by atoms with Crippen LogP contribution in [-0.2, 0) is 11.5 Å². The van der Waals surface area contributed by atoms with Gasteiger partial charge in [0.1, 0.15) is 6.73 Å². The van der Waals surface area contributed by atoms with Gasteiger partial charge in [-0.1, -0.05) is 18.2 Å². The number of hydrogen-bond acceptors (Lipinski definition) is 7. The van der Waals surface area contributed by atoms with Crippen molar-refractivity contribution in [1.82, 2.24) is 19.5 Å². The minimum Gasteiger partial charge on any atom is -0.478 e. The van der Waals surface area contributed by atoms with Crippen LogP contribution in [0.4, 0.5) is 5.95 Å². The van der Waals surface area contributed by atoms with Crippen molar-refractivity contribution in [1.29, 1.82) is 0 Å². The second-order valence-electron chi connectivity index (χ2n) is 5.19. The maximum Gasteiger partial charge on any atom is 0.336 e. The lowest BCUT2D eigenvalue weighted by atomic mass is 10.1. The van der Waals surface area contributed by atoms with Gasteiger partial charge in [-0.2, -0.15) is 4.98 Å². The molecule has 2 heterocycles. The number of aromatic amines is 1. The first-order valence-electron chi connectivity index (χ1n) is 7.60. The number of carbonyl (C=O) groups is 1. The minimum atomic E-state index is -1.08. The van der Waals surface area contributed by atoms with Crippen molar-refractivity contribution in [2.24, 2.45) is 4.99 Å². The van der Waals surface area contributed by atoms with Gasteiger partial charge >= 0.3 is 5.97 Å². The average molecular weight is 357 g/mol. The average Bonchev–Trinajstić information content (AvgIpc) is 3.04. The summed E-state index contributed by atoms with van der Waals surface area (Å²) in [5, 5.41) is 17.9. The number of carboxylic acid groups (broad SMARTS) is 1. The number of aromatic nitrogens is 4. The molecule has 134 valence electrons. The zero-order chi connectivity index (χ0) is 18.5. The number of rotatable bonds is 7. The van der Waals surface area contributed by atoms with Crippen LogP contribution in [0.2, 0.25) is 0 Å². The van der Waals surface area contributed by atoms with E-state index in [0.29, 0.717) is 5.56 Å². The summed E-state index contributed by atoms with van der Waals surface area (Å²) in [4.78, 5) is 38.1. The standard InChI is InChI=1S/C16H15N5O5/c22-5-6-26-9-21-8-18-12-13(21)19-16(20-14(12)23)17-7-10-3-1-2-4-11(10)15(24)25/h1-4,7-8,22H,5-6,9H2,(H,24,25)(H,19,20,23)/b17-7+. The monoisotopic (exact) mass is 357 g/mol. The molecule has 1 aromatic carbocycles. The maximum absolute atomic E-state index is 12.1. The van der Waals surface area contributed by atoms with Crippen LogP contribution in [0.5, 0.6) is 0 Å². The van der Waals surface area contributed by atoms with E-state index < -0.39 is 11.5 Å². The summed E-state index contributed by atoms with van der Waals surface area (Å²) in [7, 11) is 0. The van der Waals surface area contributed by atoms with E-state index >= 15 is 0 Å². The SMILES string of the molecule is O=C(O)c1ccccc1/C=N/c1nc2c(ncn2COCCO)c(=O)[nH]1. The van der Waals surface area contributed by atoms with E-state index in [-0.39, 0.29) is 42.6 Å². The highest BCUT2D eigenvalue weighted by Gasteiger charge is 2.11. The molecule has 0 aliphatic rings. The van der Waals surface area contributed by atoms with E-state index in [1.165, 1.54) is 23.2 Å². The van der Waals surface area contributed by atoms with Crippen molar-refractivity contribution in [3.8, 4) is 0 Å². The Morgan fingerprint density at radius 2 is 2.19 bits per heavy atom. The Morgan fingerprint density at radius 3 is 2.96 bits per heavy atom. The van der Waals surface area contributed by atoms with Crippen LogP contribution >= 0.6 is 0 Å². The molecule has 0 unspecified atom stereocenters. The molecule has 0 saturated carbocycles. The smallest absolute Gasteiger partial charge is 0.336 e. The third-order valence-corrected chi connectivity index (χ3v) is 3.45. The van der Waals surface area contributed by atoms with Crippen LogP contribution in [0.1, 0.15) is 15.9 Å². The number of hydrogen-bond donors (Lipinski definition) is 3. The number of imidazole rings is 1. The van der Waals surface area contributed by atoms with Gasteiger partial charge < -0.3 is 14.9 Å². The van der Waals surface area contributed by atoms with Gasteiger partial charge in [0, 0.05) is 11.8 Å². The lowest BCUT2D eigenvalue weighted by molar-refractivity contribution is 0.0499. The van der Waals surface area contributed by atoms with Crippen molar-refractivity contribution < 1.29 is 19.7 Å². The Balaban J connectivity index is 1.94. The van der Waals surface area contributed by atoms with Crippen molar-refractivity contribution in [3.63, 3.8) is 0 Å². The largest absolute Gasteiger partial charge is 0.478 e. The van der Waals surface area contributed by atoms with Gasteiger partial charge in [0.15, 0.2) is 11.2 Å². The molecule has 3 N–H and O–H groups in total. The zero-order valence-corrected chi connectivity index (χ0v) is 13.5. The number of nitrogens with zero attached hydrogens (tertiary/aromatic N) is 4. The van der Waals surface area contributed by atoms with Crippen molar-refractivity contribution in [2.45, 2.75) is 6.73 Å². The summed E-state index contributed by atoms with van der Waals surface area (Å²) in [6.07, 6.45) is 2.72. The highest BCUT2D eigenvalue weighted by molar-refractivity contribution is 5.98. The maximum atomic E-state index is 12.1. The quantitative estimate of drug-likeness (QED) is 0.413. The number of aromatic carboxylic acids is 1. The third-order valence-electron chi connectivity index (χ3n) is 3.45. The Bertz CT molecular complexity index is 1020. The third kappa shape index (κ3) is 3.66. The van der Waals surface area contributed by atoms with Crippen LogP contribution in [0, 0.1) is 0 Å². The number of nitrogens with one attached hydrogen (secondary N) is 1. The Labute approximate surface area is 146 Å². The summed E-state index contributed by atoms with van der Waals surface area (Å²) in [6.45, 7) is 0.0809. The van der Waals surface area contributed by atoms with E-state index in [9.17, 15) is 14.7 Å². The predicted octanol–water partition coefficient (Wildman–Crippen LogP) is 0.535. The molecule has 10 heteroatoms. The minimum absolute atomic E-state index is 0.00611. The molecule has 26 heavy (non-hydrogen) atoms. The Hall–Kier alpha value is -3.37. The second kappa shape index (κ2) is 7.68. The van der Waals surface area contributed by atoms with Crippen LogP contribution in [-0.4, -0.2) is 55.1 Å². The van der Waals surface area contributed by atoms with Crippen LogP contribution in [0.25, 0.3) is 11.2 Å². The van der Waals surface area contributed by atoms with Crippen molar-refractivity contribution in [3.05, 3.63) is 52.1 Å². The number of aliphatic hydroxyl groups excluding tert-OH is 1.